The molecule has 0 fully saturated rings. The largest absolute Gasteiger partial charge is 0.348 e. The highest BCUT2D eigenvalue weighted by molar-refractivity contribution is 7.89. The Balaban J connectivity index is 0.00000529. The predicted octanol–water partition coefficient (Wildman–Crippen LogP) is 1.91. The van der Waals surface area contributed by atoms with Crippen molar-refractivity contribution in [1.29, 1.82) is 0 Å². The van der Waals surface area contributed by atoms with Gasteiger partial charge >= 0.3 is 0 Å². The highest BCUT2D eigenvalue weighted by atomic mass is 35.5. The minimum Gasteiger partial charge on any atom is -0.348 e. The molecule has 3 atom stereocenters. The first-order valence-electron chi connectivity index (χ1n) is 7.69. The van der Waals surface area contributed by atoms with Crippen molar-refractivity contribution in [2.45, 2.75) is 44.2 Å². The molecule has 0 saturated carbocycles. The number of benzene rings is 1. The maximum atomic E-state index is 12.1. The zero-order valence-corrected chi connectivity index (χ0v) is 16.4. The SMILES string of the molecule is CCC(C)C(N)C(=O)NC(C)c1ccc(S(=O)(=O)N(C)C)cc1.Cl. The number of sulfonamides is 1. The molecule has 0 aliphatic heterocycles. The first kappa shape index (κ1) is 22.9. The second-order valence-electron chi connectivity index (χ2n) is 6.00. The quantitative estimate of drug-likeness (QED) is 0.759. The van der Waals surface area contributed by atoms with Gasteiger partial charge in [0, 0.05) is 14.1 Å². The van der Waals surface area contributed by atoms with E-state index in [1.807, 2.05) is 20.8 Å². The molecule has 6 nitrogen and oxygen atoms in total. The minimum absolute atomic E-state index is 0. The summed E-state index contributed by atoms with van der Waals surface area (Å²) in [6.45, 7) is 5.78. The highest BCUT2D eigenvalue weighted by Gasteiger charge is 2.22. The van der Waals surface area contributed by atoms with Crippen molar-refractivity contribution in [3.63, 3.8) is 0 Å². The highest BCUT2D eigenvalue weighted by Crippen LogP contribution is 2.18. The molecule has 0 heterocycles. The molecular weight excluding hydrogens is 350 g/mol. The fourth-order valence-electron chi connectivity index (χ4n) is 2.04. The van der Waals surface area contributed by atoms with Crippen LogP contribution in [0.4, 0.5) is 0 Å². The van der Waals surface area contributed by atoms with E-state index >= 15 is 0 Å². The number of hydrogen-bond donors (Lipinski definition) is 2. The number of amides is 1. The third-order valence-electron chi connectivity index (χ3n) is 4.08. The summed E-state index contributed by atoms with van der Waals surface area (Å²) in [5.41, 5.74) is 6.74. The first-order chi connectivity index (χ1) is 10.6. The Labute approximate surface area is 151 Å². The van der Waals surface area contributed by atoms with E-state index in [2.05, 4.69) is 5.32 Å². The topological polar surface area (TPSA) is 92.5 Å². The number of nitrogens with zero attached hydrogens (tertiary/aromatic N) is 1. The molecule has 0 spiro atoms. The summed E-state index contributed by atoms with van der Waals surface area (Å²) < 4.78 is 25.2. The maximum Gasteiger partial charge on any atom is 0.242 e. The summed E-state index contributed by atoms with van der Waals surface area (Å²) >= 11 is 0. The van der Waals surface area contributed by atoms with Gasteiger partial charge in [0.05, 0.1) is 17.0 Å². The van der Waals surface area contributed by atoms with Crippen molar-refractivity contribution in [3.8, 4) is 0 Å². The molecule has 0 saturated heterocycles. The molecule has 1 amide bonds. The van der Waals surface area contributed by atoms with Gasteiger partial charge in [0.25, 0.3) is 0 Å². The zero-order valence-electron chi connectivity index (χ0n) is 14.8. The van der Waals surface area contributed by atoms with Gasteiger partial charge in [-0.05, 0) is 30.5 Å². The molecule has 0 radical (unpaired) electrons. The molecule has 138 valence electrons. The lowest BCUT2D eigenvalue weighted by Crippen LogP contribution is -2.45. The van der Waals surface area contributed by atoms with E-state index in [0.717, 1.165) is 12.0 Å². The molecule has 24 heavy (non-hydrogen) atoms. The lowest BCUT2D eigenvalue weighted by atomic mass is 9.98. The number of halogens is 1. The van der Waals surface area contributed by atoms with Crippen LogP contribution < -0.4 is 11.1 Å². The van der Waals surface area contributed by atoms with E-state index in [9.17, 15) is 13.2 Å². The van der Waals surface area contributed by atoms with Crippen LogP contribution in [0.25, 0.3) is 0 Å². The van der Waals surface area contributed by atoms with E-state index in [4.69, 9.17) is 5.73 Å². The van der Waals surface area contributed by atoms with Crippen molar-refractivity contribution in [3.05, 3.63) is 29.8 Å². The molecule has 1 aromatic rings. The van der Waals surface area contributed by atoms with Gasteiger partial charge in [-0.15, -0.1) is 12.4 Å². The number of carbonyl (C=O) groups excluding carboxylic acids is 1. The van der Waals surface area contributed by atoms with Gasteiger partial charge < -0.3 is 11.1 Å². The van der Waals surface area contributed by atoms with Crippen molar-refractivity contribution < 1.29 is 13.2 Å². The molecule has 0 aliphatic carbocycles. The van der Waals surface area contributed by atoms with E-state index in [1.165, 1.54) is 18.4 Å². The summed E-state index contributed by atoms with van der Waals surface area (Å²) in [6, 6.07) is 5.71. The van der Waals surface area contributed by atoms with Crippen molar-refractivity contribution in [2.24, 2.45) is 11.7 Å². The number of rotatable bonds is 7. The second-order valence-corrected chi connectivity index (χ2v) is 8.15. The molecule has 1 rings (SSSR count). The third kappa shape index (κ3) is 5.44. The van der Waals surface area contributed by atoms with Crippen LogP contribution in [0.2, 0.25) is 0 Å². The maximum absolute atomic E-state index is 12.1. The summed E-state index contributed by atoms with van der Waals surface area (Å²) in [5.74, 6) is -0.0911. The lowest BCUT2D eigenvalue weighted by Gasteiger charge is -2.21. The number of nitrogens with two attached hydrogens (primary N) is 1. The molecule has 8 heteroatoms. The Kier molecular flexibility index (Phi) is 8.91. The van der Waals surface area contributed by atoms with Crippen LogP contribution in [0.1, 0.15) is 38.8 Å². The predicted molar refractivity (Wildman–Crippen MR) is 98.6 cm³/mol. The van der Waals surface area contributed by atoms with Crippen molar-refractivity contribution in [2.75, 3.05) is 14.1 Å². The Morgan fingerprint density at radius 3 is 2.12 bits per heavy atom. The summed E-state index contributed by atoms with van der Waals surface area (Å²) in [5, 5.41) is 2.87. The Morgan fingerprint density at radius 1 is 1.21 bits per heavy atom. The lowest BCUT2D eigenvalue weighted by molar-refractivity contribution is -0.124. The summed E-state index contributed by atoms with van der Waals surface area (Å²) in [4.78, 5) is 12.3. The fraction of sp³-hybridized carbons (Fsp3) is 0.562. The average Bonchev–Trinajstić information content (AvgIpc) is 2.53. The zero-order chi connectivity index (χ0) is 17.8. The fourth-order valence-corrected chi connectivity index (χ4v) is 2.95. The van der Waals surface area contributed by atoms with Gasteiger partial charge in [-0.2, -0.15) is 0 Å². The van der Waals surface area contributed by atoms with Gasteiger partial charge in [-0.1, -0.05) is 32.4 Å². The van der Waals surface area contributed by atoms with Crippen LogP contribution in [0.3, 0.4) is 0 Å². The number of nitrogens with one attached hydrogen (secondary N) is 1. The van der Waals surface area contributed by atoms with E-state index in [-0.39, 0.29) is 35.2 Å². The van der Waals surface area contributed by atoms with Crippen LogP contribution in [-0.2, 0) is 14.8 Å². The molecule has 0 aliphatic rings. The van der Waals surface area contributed by atoms with Crippen molar-refractivity contribution in [1.82, 2.24) is 9.62 Å². The monoisotopic (exact) mass is 377 g/mol. The van der Waals surface area contributed by atoms with Gasteiger partial charge in [-0.25, -0.2) is 12.7 Å². The van der Waals surface area contributed by atoms with Crippen LogP contribution in [0.15, 0.2) is 29.2 Å². The molecule has 0 aromatic heterocycles. The Morgan fingerprint density at radius 2 is 1.71 bits per heavy atom. The third-order valence-corrected chi connectivity index (χ3v) is 5.91. The molecular formula is C16H28ClN3O3S. The number of hydrogen-bond acceptors (Lipinski definition) is 4. The van der Waals surface area contributed by atoms with Crippen molar-refractivity contribution >= 4 is 28.3 Å². The molecule has 3 unspecified atom stereocenters. The smallest absolute Gasteiger partial charge is 0.242 e. The van der Waals surface area contributed by atoms with E-state index in [0.29, 0.717) is 0 Å². The molecule has 0 bridgehead atoms. The van der Waals surface area contributed by atoms with Gasteiger partial charge in [0.2, 0.25) is 15.9 Å². The Bertz CT molecular complexity index is 632. The van der Waals surface area contributed by atoms with E-state index in [1.54, 1.807) is 24.3 Å². The normalized spacial score (nSPS) is 15.3. The summed E-state index contributed by atoms with van der Waals surface area (Å²) in [7, 11) is -0.468. The summed E-state index contributed by atoms with van der Waals surface area (Å²) in [6.07, 6.45) is 0.833. The van der Waals surface area contributed by atoms with Crippen LogP contribution in [0.5, 0.6) is 0 Å². The van der Waals surface area contributed by atoms with Gasteiger partial charge in [0.15, 0.2) is 0 Å². The molecule has 3 N–H and O–H groups in total. The Hall–Kier alpha value is -1.15. The standard InChI is InChI=1S/C16H27N3O3S.ClH/c1-6-11(2)15(17)16(20)18-12(3)13-7-9-14(10-8-13)23(21,22)19(4)5;/h7-12,15H,6,17H2,1-5H3,(H,18,20);1H. The average molecular weight is 378 g/mol. The van der Waals surface area contributed by atoms with Crippen LogP contribution in [-0.4, -0.2) is 38.8 Å². The van der Waals surface area contributed by atoms with Gasteiger partial charge in [0.1, 0.15) is 0 Å². The van der Waals surface area contributed by atoms with Gasteiger partial charge in [-0.3, -0.25) is 4.79 Å². The molecule has 1 aromatic carbocycles. The van der Waals surface area contributed by atoms with Crippen LogP contribution in [0, 0.1) is 5.92 Å². The first-order valence-corrected chi connectivity index (χ1v) is 9.13. The second kappa shape index (κ2) is 9.36. The number of carbonyl (C=O) groups is 1. The van der Waals surface area contributed by atoms with Crippen LogP contribution >= 0.6 is 12.4 Å². The minimum atomic E-state index is -3.44. The van der Waals surface area contributed by atoms with E-state index < -0.39 is 16.1 Å².